The number of carbonyl (C=O) groups is 2. The molecule has 24 heavy (non-hydrogen) atoms. The van der Waals surface area contributed by atoms with Crippen LogP contribution in [-0.4, -0.2) is 61.4 Å². The second-order valence-corrected chi connectivity index (χ2v) is 6.35. The van der Waals surface area contributed by atoms with E-state index in [1.54, 1.807) is 32.4 Å². The Morgan fingerprint density at radius 3 is 2.88 bits per heavy atom. The van der Waals surface area contributed by atoms with Gasteiger partial charge in [-0.25, -0.2) is 0 Å². The molecule has 6 nitrogen and oxygen atoms in total. The lowest BCUT2D eigenvalue weighted by Gasteiger charge is -2.33. The summed E-state index contributed by atoms with van der Waals surface area (Å²) in [6, 6.07) is 7.58. The van der Waals surface area contributed by atoms with Gasteiger partial charge in [0.1, 0.15) is 5.75 Å². The molecule has 1 aliphatic heterocycles. The van der Waals surface area contributed by atoms with Gasteiger partial charge in [0, 0.05) is 24.8 Å². The number of ether oxygens (including phenoxy) is 1. The Morgan fingerprint density at radius 2 is 2.17 bits per heavy atom. The Labute approximate surface area is 143 Å². The van der Waals surface area contributed by atoms with Gasteiger partial charge in [0.15, 0.2) is 0 Å². The SMILES string of the molecule is COc1cccc(NC(=O)CN(C)C(=O)CN2CCCCC2C)c1. The number of likely N-dealkylation sites (tertiary alicyclic amines) is 1. The van der Waals surface area contributed by atoms with Gasteiger partial charge in [0.2, 0.25) is 11.8 Å². The number of hydrogen-bond acceptors (Lipinski definition) is 4. The van der Waals surface area contributed by atoms with E-state index >= 15 is 0 Å². The van der Waals surface area contributed by atoms with Crippen molar-refractivity contribution in [1.82, 2.24) is 9.80 Å². The predicted octanol–water partition coefficient (Wildman–Crippen LogP) is 1.97. The number of rotatable bonds is 6. The summed E-state index contributed by atoms with van der Waals surface area (Å²) in [7, 11) is 3.25. The van der Waals surface area contributed by atoms with Gasteiger partial charge in [-0.3, -0.25) is 14.5 Å². The molecule has 0 radical (unpaired) electrons. The molecule has 0 aliphatic carbocycles. The summed E-state index contributed by atoms with van der Waals surface area (Å²) in [6.45, 7) is 3.53. The first-order chi connectivity index (χ1) is 11.5. The van der Waals surface area contributed by atoms with E-state index in [1.807, 2.05) is 6.07 Å². The Hall–Kier alpha value is -2.08. The van der Waals surface area contributed by atoms with Gasteiger partial charge in [0.25, 0.3) is 0 Å². The van der Waals surface area contributed by atoms with Crippen LogP contribution in [0.4, 0.5) is 5.69 Å². The molecule has 1 atom stereocenters. The molecule has 1 aromatic rings. The third kappa shape index (κ3) is 5.23. The molecule has 2 rings (SSSR count). The molecule has 0 aromatic heterocycles. The number of anilines is 1. The van der Waals surface area contributed by atoms with Crippen molar-refractivity contribution < 1.29 is 14.3 Å². The van der Waals surface area contributed by atoms with Crippen LogP contribution in [0.15, 0.2) is 24.3 Å². The second-order valence-electron chi connectivity index (χ2n) is 6.35. The first-order valence-corrected chi connectivity index (χ1v) is 8.41. The largest absolute Gasteiger partial charge is 0.497 e. The number of hydrogen-bond donors (Lipinski definition) is 1. The first kappa shape index (κ1) is 18.3. The molecule has 0 bridgehead atoms. The van der Waals surface area contributed by atoms with E-state index in [-0.39, 0.29) is 18.4 Å². The van der Waals surface area contributed by atoms with Crippen LogP contribution >= 0.6 is 0 Å². The number of nitrogens with one attached hydrogen (secondary N) is 1. The molecule has 2 amide bonds. The zero-order valence-electron chi connectivity index (χ0n) is 14.7. The summed E-state index contributed by atoms with van der Waals surface area (Å²) in [4.78, 5) is 28.1. The van der Waals surface area contributed by atoms with Crippen LogP contribution in [-0.2, 0) is 9.59 Å². The van der Waals surface area contributed by atoms with Crippen LogP contribution in [0.2, 0.25) is 0 Å². The lowest BCUT2D eigenvalue weighted by Crippen LogP contribution is -2.46. The van der Waals surface area contributed by atoms with Gasteiger partial charge >= 0.3 is 0 Å². The van der Waals surface area contributed by atoms with Crippen LogP contribution in [0.3, 0.4) is 0 Å². The van der Waals surface area contributed by atoms with Gasteiger partial charge in [-0.05, 0) is 38.4 Å². The number of nitrogens with zero attached hydrogens (tertiary/aromatic N) is 2. The van der Waals surface area contributed by atoms with Crippen molar-refractivity contribution in [3.8, 4) is 5.75 Å². The Bertz CT molecular complexity index is 576. The highest BCUT2D eigenvalue weighted by Crippen LogP contribution is 2.17. The van der Waals surface area contributed by atoms with E-state index in [9.17, 15) is 9.59 Å². The Balaban J connectivity index is 1.82. The maximum atomic E-state index is 12.3. The third-order valence-corrected chi connectivity index (χ3v) is 4.44. The van der Waals surface area contributed by atoms with E-state index in [2.05, 4.69) is 17.1 Å². The number of amides is 2. The fraction of sp³-hybridized carbons (Fsp3) is 0.556. The van der Waals surface area contributed by atoms with Gasteiger partial charge < -0.3 is 15.0 Å². The molecule has 1 heterocycles. The number of likely N-dealkylation sites (N-methyl/N-ethyl adjacent to an activating group) is 1. The number of benzene rings is 1. The maximum Gasteiger partial charge on any atom is 0.243 e. The highest BCUT2D eigenvalue weighted by Gasteiger charge is 2.22. The Kier molecular flexibility index (Phi) is 6.61. The summed E-state index contributed by atoms with van der Waals surface area (Å²) in [6.07, 6.45) is 3.50. The first-order valence-electron chi connectivity index (χ1n) is 8.41. The van der Waals surface area contributed by atoms with Crippen LogP contribution < -0.4 is 10.1 Å². The van der Waals surface area contributed by atoms with E-state index in [0.717, 1.165) is 19.4 Å². The molecule has 1 unspecified atom stereocenters. The van der Waals surface area contributed by atoms with Crippen molar-refractivity contribution in [2.45, 2.75) is 32.2 Å². The molecule has 6 heteroatoms. The zero-order valence-corrected chi connectivity index (χ0v) is 14.7. The average Bonchev–Trinajstić information content (AvgIpc) is 2.56. The number of methoxy groups -OCH3 is 1. The molecular weight excluding hydrogens is 306 g/mol. The summed E-state index contributed by atoms with van der Waals surface area (Å²) in [5.74, 6) is 0.437. The number of piperidine rings is 1. The fourth-order valence-electron chi connectivity index (χ4n) is 2.89. The highest BCUT2D eigenvalue weighted by molar-refractivity contribution is 5.94. The highest BCUT2D eigenvalue weighted by atomic mass is 16.5. The molecule has 1 aliphatic rings. The standard InChI is InChI=1S/C18H27N3O3/c1-14-7-4-5-10-21(14)13-18(23)20(2)12-17(22)19-15-8-6-9-16(11-15)24-3/h6,8-9,11,14H,4-5,7,10,12-13H2,1-3H3,(H,19,22). The minimum absolute atomic E-state index is 0.0236. The lowest BCUT2D eigenvalue weighted by atomic mass is 10.0. The van der Waals surface area contributed by atoms with Crippen molar-refractivity contribution in [2.75, 3.05) is 39.1 Å². The normalized spacial score (nSPS) is 18.0. The topological polar surface area (TPSA) is 61.9 Å². The number of carbonyl (C=O) groups excluding carboxylic acids is 2. The van der Waals surface area contributed by atoms with Crippen LogP contribution in [0, 0.1) is 0 Å². The third-order valence-electron chi connectivity index (χ3n) is 4.44. The molecule has 1 N–H and O–H groups in total. The van der Waals surface area contributed by atoms with E-state index < -0.39 is 0 Å². The lowest BCUT2D eigenvalue weighted by molar-refractivity contribution is -0.135. The summed E-state index contributed by atoms with van der Waals surface area (Å²) < 4.78 is 5.13. The van der Waals surface area contributed by atoms with E-state index in [0.29, 0.717) is 24.0 Å². The smallest absolute Gasteiger partial charge is 0.243 e. The van der Waals surface area contributed by atoms with Crippen molar-refractivity contribution in [1.29, 1.82) is 0 Å². The van der Waals surface area contributed by atoms with Gasteiger partial charge in [-0.1, -0.05) is 12.5 Å². The van der Waals surface area contributed by atoms with Gasteiger partial charge in [-0.2, -0.15) is 0 Å². The molecular formula is C18H27N3O3. The van der Waals surface area contributed by atoms with Crippen LogP contribution in [0.25, 0.3) is 0 Å². The van der Waals surface area contributed by atoms with Crippen molar-refractivity contribution in [3.63, 3.8) is 0 Å². The van der Waals surface area contributed by atoms with Crippen molar-refractivity contribution in [3.05, 3.63) is 24.3 Å². The fourth-order valence-corrected chi connectivity index (χ4v) is 2.89. The van der Waals surface area contributed by atoms with E-state index in [4.69, 9.17) is 4.74 Å². The molecule has 1 saturated heterocycles. The van der Waals surface area contributed by atoms with Crippen molar-refractivity contribution >= 4 is 17.5 Å². The van der Waals surface area contributed by atoms with Gasteiger partial charge in [-0.15, -0.1) is 0 Å². The average molecular weight is 333 g/mol. The van der Waals surface area contributed by atoms with Crippen LogP contribution in [0.5, 0.6) is 5.75 Å². The van der Waals surface area contributed by atoms with Crippen LogP contribution in [0.1, 0.15) is 26.2 Å². The molecule has 0 spiro atoms. The quantitative estimate of drug-likeness (QED) is 0.864. The summed E-state index contributed by atoms with van der Waals surface area (Å²) >= 11 is 0. The Morgan fingerprint density at radius 1 is 1.38 bits per heavy atom. The maximum absolute atomic E-state index is 12.3. The minimum Gasteiger partial charge on any atom is -0.497 e. The second kappa shape index (κ2) is 8.68. The van der Waals surface area contributed by atoms with E-state index in [1.165, 1.54) is 11.3 Å². The predicted molar refractivity (Wildman–Crippen MR) is 94.1 cm³/mol. The van der Waals surface area contributed by atoms with Crippen molar-refractivity contribution in [2.24, 2.45) is 0 Å². The summed E-state index contributed by atoms with van der Waals surface area (Å²) in [5, 5.41) is 2.79. The van der Waals surface area contributed by atoms with Gasteiger partial charge in [0.05, 0.1) is 20.2 Å². The molecule has 1 fully saturated rings. The molecule has 132 valence electrons. The minimum atomic E-state index is -0.217. The summed E-state index contributed by atoms with van der Waals surface area (Å²) in [5.41, 5.74) is 0.657. The molecule has 0 saturated carbocycles. The molecule has 1 aromatic carbocycles. The zero-order chi connectivity index (χ0) is 17.5. The monoisotopic (exact) mass is 333 g/mol.